The second kappa shape index (κ2) is 5.89. The summed E-state index contributed by atoms with van der Waals surface area (Å²) in [6, 6.07) is 1.34. The van der Waals surface area contributed by atoms with E-state index in [4.69, 9.17) is 4.74 Å². The van der Waals surface area contributed by atoms with Crippen LogP contribution in [0.4, 0.5) is 0 Å². The summed E-state index contributed by atoms with van der Waals surface area (Å²) >= 11 is 0. The van der Waals surface area contributed by atoms with Crippen molar-refractivity contribution in [2.24, 2.45) is 5.92 Å². The van der Waals surface area contributed by atoms with Gasteiger partial charge in [0, 0.05) is 18.6 Å². The molecule has 3 fully saturated rings. The number of rotatable bonds is 5. The molecule has 1 N–H and O–H groups in total. The zero-order valence-corrected chi connectivity index (χ0v) is 11.7. The first kappa shape index (κ1) is 12.9. The minimum atomic E-state index is 0.441. The van der Waals surface area contributed by atoms with Crippen molar-refractivity contribution in [3.63, 3.8) is 0 Å². The van der Waals surface area contributed by atoms with Gasteiger partial charge in [-0.1, -0.05) is 13.3 Å². The molecular weight excluding hydrogens is 224 g/mol. The fourth-order valence-electron chi connectivity index (χ4n) is 3.77. The van der Waals surface area contributed by atoms with Gasteiger partial charge in [-0.3, -0.25) is 4.90 Å². The van der Waals surface area contributed by atoms with Crippen molar-refractivity contribution >= 4 is 0 Å². The molecule has 18 heavy (non-hydrogen) atoms. The van der Waals surface area contributed by atoms with Crippen LogP contribution in [0.25, 0.3) is 0 Å². The molecule has 0 amide bonds. The molecule has 3 rings (SSSR count). The number of ether oxygens (including phenoxy) is 1. The number of morpholine rings is 1. The van der Waals surface area contributed by atoms with Crippen LogP contribution < -0.4 is 5.32 Å². The molecule has 3 atom stereocenters. The Balaban J connectivity index is 1.58. The lowest BCUT2D eigenvalue weighted by Crippen LogP contribution is -2.57. The van der Waals surface area contributed by atoms with Gasteiger partial charge in [0.2, 0.25) is 0 Å². The lowest BCUT2D eigenvalue weighted by molar-refractivity contribution is -0.0792. The molecule has 2 aliphatic heterocycles. The van der Waals surface area contributed by atoms with E-state index in [1.807, 2.05) is 0 Å². The molecule has 0 aromatic rings. The van der Waals surface area contributed by atoms with Gasteiger partial charge < -0.3 is 10.1 Å². The minimum absolute atomic E-state index is 0.441. The fourth-order valence-corrected chi connectivity index (χ4v) is 3.77. The summed E-state index contributed by atoms with van der Waals surface area (Å²) in [6.07, 6.45) is 8.63. The van der Waals surface area contributed by atoms with E-state index in [1.165, 1.54) is 51.6 Å². The third kappa shape index (κ3) is 2.59. The van der Waals surface area contributed by atoms with E-state index in [1.54, 1.807) is 0 Å². The summed E-state index contributed by atoms with van der Waals surface area (Å²) in [6.45, 7) is 6.84. The molecule has 0 radical (unpaired) electrons. The predicted molar refractivity (Wildman–Crippen MR) is 73.8 cm³/mol. The summed E-state index contributed by atoms with van der Waals surface area (Å²) in [5, 5.41) is 3.77. The summed E-state index contributed by atoms with van der Waals surface area (Å²) in [5.74, 6) is 0.876. The molecule has 3 unspecified atom stereocenters. The monoisotopic (exact) mass is 252 g/mol. The molecule has 1 saturated carbocycles. The summed E-state index contributed by atoms with van der Waals surface area (Å²) in [7, 11) is 0. The normalized spacial score (nSPS) is 35.2. The third-order valence-electron chi connectivity index (χ3n) is 5.10. The average molecular weight is 252 g/mol. The number of nitrogens with one attached hydrogen (secondary N) is 1. The van der Waals surface area contributed by atoms with Crippen LogP contribution in [-0.4, -0.2) is 49.3 Å². The second-order valence-electron chi connectivity index (χ2n) is 6.33. The highest BCUT2D eigenvalue weighted by atomic mass is 16.5. The topological polar surface area (TPSA) is 24.5 Å². The van der Waals surface area contributed by atoms with Gasteiger partial charge >= 0.3 is 0 Å². The molecule has 1 aliphatic carbocycles. The zero-order chi connectivity index (χ0) is 12.4. The Morgan fingerprint density at radius 2 is 2.17 bits per heavy atom. The van der Waals surface area contributed by atoms with Crippen molar-refractivity contribution < 1.29 is 4.74 Å². The second-order valence-corrected chi connectivity index (χ2v) is 6.33. The largest absolute Gasteiger partial charge is 0.374 e. The van der Waals surface area contributed by atoms with Crippen LogP contribution in [0.15, 0.2) is 0 Å². The SMILES string of the molecule is CCCNC(C1CCC1)C1CN2CCCC2CO1. The van der Waals surface area contributed by atoms with E-state index >= 15 is 0 Å². The standard InChI is InChI=1S/C15H28N2O/c1-2-8-16-15(12-5-3-6-12)14-10-17-9-4-7-13(17)11-18-14/h12-16H,2-11H2,1H3. The van der Waals surface area contributed by atoms with Gasteiger partial charge in [0.15, 0.2) is 0 Å². The van der Waals surface area contributed by atoms with E-state index in [0.717, 1.165) is 25.1 Å². The van der Waals surface area contributed by atoms with Gasteiger partial charge in [0.1, 0.15) is 0 Å². The maximum Gasteiger partial charge on any atom is 0.0858 e. The van der Waals surface area contributed by atoms with Crippen molar-refractivity contribution in [2.45, 2.75) is 63.6 Å². The van der Waals surface area contributed by atoms with Gasteiger partial charge in [-0.2, -0.15) is 0 Å². The van der Waals surface area contributed by atoms with Crippen LogP contribution in [-0.2, 0) is 4.74 Å². The van der Waals surface area contributed by atoms with E-state index < -0.39 is 0 Å². The first-order valence-corrected chi connectivity index (χ1v) is 7.97. The van der Waals surface area contributed by atoms with E-state index in [2.05, 4.69) is 17.1 Å². The van der Waals surface area contributed by atoms with E-state index in [9.17, 15) is 0 Å². The zero-order valence-electron chi connectivity index (χ0n) is 11.7. The summed E-state index contributed by atoms with van der Waals surface area (Å²) < 4.78 is 6.20. The van der Waals surface area contributed by atoms with Crippen molar-refractivity contribution in [1.82, 2.24) is 10.2 Å². The van der Waals surface area contributed by atoms with Gasteiger partial charge in [-0.15, -0.1) is 0 Å². The molecule has 0 aromatic carbocycles. The summed E-state index contributed by atoms with van der Waals surface area (Å²) in [4.78, 5) is 2.67. The Morgan fingerprint density at radius 1 is 1.28 bits per heavy atom. The lowest BCUT2D eigenvalue weighted by atomic mass is 9.77. The van der Waals surface area contributed by atoms with Crippen molar-refractivity contribution in [3.05, 3.63) is 0 Å². The fraction of sp³-hybridized carbons (Fsp3) is 1.00. The molecule has 0 spiro atoms. The first-order chi connectivity index (χ1) is 8.88. The Kier molecular flexibility index (Phi) is 4.22. The average Bonchev–Trinajstić information content (AvgIpc) is 2.78. The number of hydrogen-bond acceptors (Lipinski definition) is 3. The van der Waals surface area contributed by atoms with Gasteiger partial charge in [-0.25, -0.2) is 0 Å². The van der Waals surface area contributed by atoms with Crippen LogP contribution in [0.2, 0.25) is 0 Å². The van der Waals surface area contributed by atoms with Crippen molar-refractivity contribution in [3.8, 4) is 0 Å². The highest BCUT2D eigenvalue weighted by molar-refractivity contribution is 4.94. The predicted octanol–water partition coefficient (Wildman–Crippen LogP) is 2.02. The van der Waals surface area contributed by atoms with Crippen LogP contribution >= 0.6 is 0 Å². The van der Waals surface area contributed by atoms with Gasteiger partial charge in [0.25, 0.3) is 0 Å². The Bertz CT molecular complexity index is 267. The first-order valence-electron chi connectivity index (χ1n) is 7.97. The van der Waals surface area contributed by atoms with Crippen LogP contribution in [0, 0.1) is 5.92 Å². The minimum Gasteiger partial charge on any atom is -0.374 e. The molecule has 3 aliphatic rings. The number of hydrogen-bond donors (Lipinski definition) is 1. The van der Waals surface area contributed by atoms with E-state index in [-0.39, 0.29) is 0 Å². The van der Waals surface area contributed by atoms with Crippen LogP contribution in [0.1, 0.15) is 45.4 Å². The molecule has 3 nitrogen and oxygen atoms in total. The highest BCUT2D eigenvalue weighted by Gasteiger charge is 2.39. The molecular formula is C15H28N2O. The molecule has 2 saturated heterocycles. The third-order valence-corrected chi connectivity index (χ3v) is 5.10. The maximum atomic E-state index is 6.20. The van der Waals surface area contributed by atoms with Crippen LogP contribution in [0.5, 0.6) is 0 Å². The van der Waals surface area contributed by atoms with Crippen LogP contribution in [0.3, 0.4) is 0 Å². The summed E-state index contributed by atoms with van der Waals surface area (Å²) in [5.41, 5.74) is 0. The van der Waals surface area contributed by atoms with Gasteiger partial charge in [-0.05, 0) is 51.1 Å². The van der Waals surface area contributed by atoms with E-state index in [0.29, 0.717) is 12.1 Å². The lowest BCUT2D eigenvalue weighted by Gasteiger charge is -2.44. The molecule has 0 bridgehead atoms. The maximum absolute atomic E-state index is 6.20. The smallest absolute Gasteiger partial charge is 0.0858 e. The Hall–Kier alpha value is -0.120. The van der Waals surface area contributed by atoms with Crippen molar-refractivity contribution in [1.29, 1.82) is 0 Å². The number of fused-ring (bicyclic) bond motifs is 1. The number of nitrogens with zero attached hydrogens (tertiary/aromatic N) is 1. The Morgan fingerprint density at radius 3 is 2.89 bits per heavy atom. The van der Waals surface area contributed by atoms with Gasteiger partial charge in [0.05, 0.1) is 12.7 Å². The molecule has 0 aromatic heterocycles. The quantitative estimate of drug-likeness (QED) is 0.810. The molecule has 104 valence electrons. The molecule has 2 heterocycles. The van der Waals surface area contributed by atoms with Crippen molar-refractivity contribution in [2.75, 3.05) is 26.2 Å². The molecule has 3 heteroatoms. The Labute approximate surface area is 111 Å². The highest BCUT2D eigenvalue weighted by Crippen LogP contribution is 2.34.